The number of ketones is 1. The third kappa shape index (κ3) is 3.13. The molecule has 0 bridgehead atoms. The topological polar surface area (TPSA) is 60.1 Å². The average molecular weight is 311 g/mol. The summed E-state index contributed by atoms with van der Waals surface area (Å²) in [7, 11) is 0. The molecule has 0 saturated heterocycles. The Morgan fingerprint density at radius 2 is 2.23 bits per heavy atom. The van der Waals surface area contributed by atoms with E-state index in [1.165, 1.54) is 6.21 Å². The van der Waals surface area contributed by atoms with Crippen LogP contribution in [-0.2, 0) is 4.79 Å². The predicted molar refractivity (Wildman–Crippen MR) is 84.6 cm³/mol. The number of allylic oxidation sites excluding steroid dienone is 1. The SMILES string of the molecule is Cc1nc(C#Cc2ccnc(Cl)c2)cn1C1=CN=CC(=O)C1. The fraction of sp³-hybridized carbons (Fsp3) is 0.125. The van der Waals surface area contributed by atoms with Crippen LogP contribution >= 0.6 is 11.6 Å². The number of hydrogen-bond acceptors (Lipinski definition) is 4. The van der Waals surface area contributed by atoms with Gasteiger partial charge in [0, 0.05) is 29.9 Å². The molecule has 0 amide bonds. The van der Waals surface area contributed by atoms with Crippen LogP contribution in [-0.4, -0.2) is 26.5 Å². The van der Waals surface area contributed by atoms with Gasteiger partial charge in [0.1, 0.15) is 16.7 Å². The summed E-state index contributed by atoms with van der Waals surface area (Å²) in [4.78, 5) is 23.7. The molecule has 3 heterocycles. The van der Waals surface area contributed by atoms with Crippen molar-refractivity contribution in [1.82, 2.24) is 14.5 Å². The zero-order valence-electron chi connectivity index (χ0n) is 11.7. The number of Topliss-reactive ketones (excluding diaryl/α,β-unsaturated/α-hetero) is 1. The summed E-state index contributed by atoms with van der Waals surface area (Å²) in [6, 6.07) is 3.47. The number of hydrogen-bond donors (Lipinski definition) is 0. The minimum atomic E-state index is -0.0235. The molecule has 2 aromatic rings. The van der Waals surface area contributed by atoms with Gasteiger partial charge < -0.3 is 4.57 Å². The van der Waals surface area contributed by atoms with Crippen LogP contribution in [0.2, 0.25) is 5.15 Å². The third-order valence-corrected chi connectivity index (χ3v) is 3.26. The van der Waals surface area contributed by atoms with Gasteiger partial charge in [-0.3, -0.25) is 9.79 Å². The number of nitrogens with zero attached hydrogens (tertiary/aromatic N) is 4. The summed E-state index contributed by atoms with van der Waals surface area (Å²) in [6.45, 7) is 1.86. The number of rotatable bonds is 1. The van der Waals surface area contributed by atoms with E-state index in [-0.39, 0.29) is 5.78 Å². The van der Waals surface area contributed by atoms with Gasteiger partial charge in [0.05, 0.1) is 12.6 Å². The van der Waals surface area contributed by atoms with E-state index in [4.69, 9.17) is 11.6 Å². The molecule has 5 nitrogen and oxygen atoms in total. The smallest absolute Gasteiger partial charge is 0.179 e. The number of carbonyl (C=O) groups excluding carboxylic acids is 1. The van der Waals surface area contributed by atoms with E-state index >= 15 is 0 Å². The van der Waals surface area contributed by atoms with Gasteiger partial charge in [0.2, 0.25) is 0 Å². The normalized spacial score (nSPS) is 13.5. The standard InChI is InChI=1S/C16H11ClN4O/c1-11-20-13(3-2-12-4-5-19-16(17)6-12)10-21(11)14-7-15(22)9-18-8-14/h4-6,8-10H,7H2,1H3. The molecule has 22 heavy (non-hydrogen) atoms. The highest BCUT2D eigenvalue weighted by atomic mass is 35.5. The fourth-order valence-electron chi connectivity index (χ4n) is 2.06. The van der Waals surface area contributed by atoms with Crippen molar-refractivity contribution in [2.45, 2.75) is 13.3 Å². The van der Waals surface area contributed by atoms with Gasteiger partial charge in [0.15, 0.2) is 5.78 Å². The van der Waals surface area contributed by atoms with Gasteiger partial charge >= 0.3 is 0 Å². The molecule has 3 rings (SSSR count). The van der Waals surface area contributed by atoms with E-state index in [1.54, 1.807) is 30.7 Å². The minimum absolute atomic E-state index is 0.0235. The van der Waals surface area contributed by atoms with Gasteiger partial charge in [-0.2, -0.15) is 0 Å². The molecule has 6 heteroatoms. The first-order chi connectivity index (χ1) is 10.6. The molecule has 0 saturated carbocycles. The molecule has 2 aromatic heterocycles. The molecule has 0 unspecified atom stereocenters. The number of pyridine rings is 1. The van der Waals surface area contributed by atoms with Crippen molar-refractivity contribution in [3.8, 4) is 11.8 Å². The number of halogens is 1. The van der Waals surface area contributed by atoms with E-state index in [0.717, 1.165) is 17.1 Å². The second-order valence-corrected chi connectivity index (χ2v) is 5.09. The third-order valence-electron chi connectivity index (χ3n) is 3.05. The van der Waals surface area contributed by atoms with Crippen LogP contribution < -0.4 is 0 Å². The Morgan fingerprint density at radius 1 is 1.36 bits per heavy atom. The molecule has 108 valence electrons. The molecule has 0 fully saturated rings. The van der Waals surface area contributed by atoms with E-state index in [1.807, 2.05) is 11.5 Å². The molecular weight excluding hydrogens is 300 g/mol. The monoisotopic (exact) mass is 310 g/mol. The van der Waals surface area contributed by atoms with Gasteiger partial charge in [-0.1, -0.05) is 17.5 Å². The summed E-state index contributed by atoms with van der Waals surface area (Å²) < 4.78 is 1.83. The van der Waals surface area contributed by atoms with Gasteiger partial charge in [-0.05, 0) is 25.0 Å². The molecule has 1 aliphatic rings. The minimum Gasteiger partial charge on any atom is -0.304 e. The summed E-state index contributed by atoms with van der Waals surface area (Å²) in [5, 5.41) is 0.400. The maximum atomic E-state index is 11.4. The Kier molecular flexibility index (Phi) is 3.86. The van der Waals surface area contributed by atoms with E-state index in [0.29, 0.717) is 17.3 Å². The zero-order chi connectivity index (χ0) is 15.5. The van der Waals surface area contributed by atoms with Crippen molar-refractivity contribution in [2.24, 2.45) is 4.99 Å². The number of imidazole rings is 1. The molecule has 1 aliphatic heterocycles. The maximum Gasteiger partial charge on any atom is 0.179 e. The Labute approximate surface area is 132 Å². The van der Waals surface area contributed by atoms with Crippen LogP contribution in [0.4, 0.5) is 0 Å². The maximum absolute atomic E-state index is 11.4. The second kappa shape index (κ2) is 5.96. The summed E-state index contributed by atoms with van der Waals surface area (Å²) in [5.41, 5.74) is 2.18. The number of aliphatic imine (C=N–C) groups is 1. The van der Waals surface area contributed by atoms with Crippen molar-refractivity contribution in [3.05, 3.63) is 53.0 Å². The predicted octanol–water partition coefficient (Wildman–Crippen LogP) is 2.48. The van der Waals surface area contributed by atoms with Crippen LogP contribution in [0.5, 0.6) is 0 Å². The Bertz CT molecular complexity index is 868. The van der Waals surface area contributed by atoms with Crippen molar-refractivity contribution >= 4 is 29.3 Å². The highest BCUT2D eigenvalue weighted by Crippen LogP contribution is 2.16. The number of carbonyl (C=O) groups is 1. The summed E-state index contributed by atoms with van der Waals surface area (Å²) in [5.74, 6) is 6.70. The highest BCUT2D eigenvalue weighted by molar-refractivity contribution is 6.30. The first-order valence-corrected chi connectivity index (χ1v) is 6.94. The average Bonchev–Trinajstić information content (AvgIpc) is 2.86. The van der Waals surface area contributed by atoms with Crippen LogP contribution in [0.15, 0.2) is 35.7 Å². The summed E-state index contributed by atoms with van der Waals surface area (Å²) in [6.07, 6.45) is 6.70. The van der Waals surface area contributed by atoms with E-state index in [2.05, 4.69) is 26.8 Å². The lowest BCUT2D eigenvalue weighted by atomic mass is 10.2. The lowest BCUT2D eigenvalue weighted by Crippen LogP contribution is -2.09. The lowest BCUT2D eigenvalue weighted by molar-refractivity contribution is -0.111. The van der Waals surface area contributed by atoms with Gasteiger partial charge in [0.25, 0.3) is 0 Å². The van der Waals surface area contributed by atoms with Crippen molar-refractivity contribution in [3.63, 3.8) is 0 Å². The van der Waals surface area contributed by atoms with Crippen molar-refractivity contribution in [1.29, 1.82) is 0 Å². The molecule has 0 aromatic carbocycles. The second-order valence-electron chi connectivity index (χ2n) is 4.70. The first kappa shape index (κ1) is 14.2. The molecule has 0 atom stereocenters. The quantitative estimate of drug-likeness (QED) is 0.600. The van der Waals surface area contributed by atoms with Gasteiger partial charge in [-0.25, -0.2) is 9.97 Å². The largest absolute Gasteiger partial charge is 0.304 e. The van der Waals surface area contributed by atoms with E-state index in [9.17, 15) is 4.79 Å². The van der Waals surface area contributed by atoms with Gasteiger partial charge in [-0.15, -0.1) is 0 Å². The Morgan fingerprint density at radius 3 is 3.00 bits per heavy atom. The summed E-state index contributed by atoms with van der Waals surface area (Å²) >= 11 is 5.82. The molecule has 0 radical (unpaired) electrons. The van der Waals surface area contributed by atoms with Crippen molar-refractivity contribution < 1.29 is 4.79 Å². The fourth-order valence-corrected chi connectivity index (χ4v) is 2.24. The van der Waals surface area contributed by atoms with Crippen molar-refractivity contribution in [2.75, 3.05) is 0 Å². The first-order valence-electron chi connectivity index (χ1n) is 6.57. The van der Waals surface area contributed by atoms with Crippen LogP contribution in [0, 0.1) is 18.8 Å². The lowest BCUT2D eigenvalue weighted by Gasteiger charge is -2.09. The van der Waals surface area contributed by atoms with E-state index < -0.39 is 0 Å². The highest BCUT2D eigenvalue weighted by Gasteiger charge is 2.12. The Balaban J connectivity index is 1.89. The van der Waals surface area contributed by atoms with Crippen LogP contribution in [0.1, 0.15) is 23.5 Å². The van der Waals surface area contributed by atoms with Crippen LogP contribution in [0.25, 0.3) is 5.70 Å². The molecule has 0 N–H and O–H groups in total. The Hall–Kier alpha value is -2.71. The number of aromatic nitrogens is 3. The number of aryl methyl sites for hydroxylation is 1. The molecule has 0 aliphatic carbocycles. The molecule has 0 spiro atoms. The zero-order valence-corrected chi connectivity index (χ0v) is 12.5. The van der Waals surface area contributed by atoms with Crippen LogP contribution in [0.3, 0.4) is 0 Å². The molecular formula is C16H11ClN4O.